The number of ketones is 1. The van der Waals surface area contributed by atoms with E-state index in [0.717, 1.165) is 17.7 Å². The van der Waals surface area contributed by atoms with Crippen molar-refractivity contribution < 1.29 is 4.79 Å². The summed E-state index contributed by atoms with van der Waals surface area (Å²) in [4.78, 5) is 12.8. The van der Waals surface area contributed by atoms with Gasteiger partial charge in [0.25, 0.3) is 0 Å². The minimum Gasteiger partial charge on any atom is -0.288 e. The van der Waals surface area contributed by atoms with Gasteiger partial charge in [0.1, 0.15) is 4.88 Å². The van der Waals surface area contributed by atoms with Crippen LogP contribution in [0.5, 0.6) is 0 Å². The molecule has 0 fully saturated rings. The predicted octanol–water partition coefficient (Wildman–Crippen LogP) is 2.64. The van der Waals surface area contributed by atoms with Crippen LogP contribution in [-0.2, 0) is 6.42 Å². The highest BCUT2D eigenvalue weighted by Gasteiger charge is 2.16. The van der Waals surface area contributed by atoms with Crippen molar-refractivity contribution in [2.75, 3.05) is 0 Å². The number of hydrogen-bond acceptors (Lipinski definition) is 4. The van der Waals surface area contributed by atoms with Gasteiger partial charge in [-0.25, -0.2) is 0 Å². The van der Waals surface area contributed by atoms with Gasteiger partial charge in [-0.2, -0.15) is 0 Å². The zero-order valence-electron chi connectivity index (χ0n) is 9.23. The summed E-state index contributed by atoms with van der Waals surface area (Å²) in [7, 11) is 0. The first kappa shape index (κ1) is 11.0. The average molecular weight is 232 g/mol. The summed E-state index contributed by atoms with van der Waals surface area (Å²) < 4.78 is 3.83. The van der Waals surface area contributed by atoms with Crippen LogP contribution in [0.1, 0.15) is 33.4 Å². The topological polar surface area (TPSA) is 42.9 Å². The molecule has 82 valence electrons. The number of nitrogens with zero attached hydrogens (tertiary/aromatic N) is 2. The van der Waals surface area contributed by atoms with Gasteiger partial charge in [0.15, 0.2) is 0 Å². The van der Waals surface area contributed by atoms with Crippen LogP contribution in [0.2, 0.25) is 0 Å². The van der Waals surface area contributed by atoms with Crippen molar-refractivity contribution in [2.24, 2.45) is 0 Å². The van der Waals surface area contributed by atoms with E-state index in [9.17, 15) is 4.79 Å². The van der Waals surface area contributed by atoms with Crippen LogP contribution < -0.4 is 0 Å². The number of carbonyl (C=O) groups is 1. The molecule has 0 aliphatic heterocycles. The van der Waals surface area contributed by atoms with Crippen molar-refractivity contribution in [3.8, 4) is 0 Å². The molecule has 0 amide bonds. The monoisotopic (exact) mass is 232 g/mol. The molecule has 0 spiro atoms. The van der Waals surface area contributed by atoms with Crippen molar-refractivity contribution in [1.29, 1.82) is 0 Å². The molecule has 0 radical (unpaired) electrons. The van der Waals surface area contributed by atoms with Gasteiger partial charge in [-0.1, -0.05) is 41.2 Å². The summed E-state index contributed by atoms with van der Waals surface area (Å²) >= 11 is 1.17. The van der Waals surface area contributed by atoms with E-state index in [4.69, 9.17) is 0 Å². The van der Waals surface area contributed by atoms with E-state index in [2.05, 4.69) is 9.59 Å². The third kappa shape index (κ3) is 2.02. The maximum Gasteiger partial charge on any atom is 0.206 e. The molecule has 0 saturated carbocycles. The third-order valence-corrected chi connectivity index (χ3v) is 3.18. The lowest BCUT2D eigenvalue weighted by molar-refractivity contribution is 0.104. The molecule has 3 nitrogen and oxygen atoms in total. The fraction of sp³-hybridized carbons (Fsp3) is 0.250. The summed E-state index contributed by atoms with van der Waals surface area (Å²) in [5, 5.41) is 3.95. The Morgan fingerprint density at radius 3 is 2.62 bits per heavy atom. The van der Waals surface area contributed by atoms with E-state index in [1.807, 2.05) is 38.1 Å². The fourth-order valence-electron chi connectivity index (χ4n) is 1.45. The number of carbonyl (C=O) groups excluding carboxylic acids is 1. The van der Waals surface area contributed by atoms with E-state index in [1.54, 1.807) is 0 Å². The van der Waals surface area contributed by atoms with Crippen LogP contribution in [-0.4, -0.2) is 15.4 Å². The maximum atomic E-state index is 12.1. The summed E-state index contributed by atoms with van der Waals surface area (Å²) in [6.45, 7) is 3.97. The Bertz CT molecular complexity index is 502. The SMILES string of the molecule is CCc1nnsc1C(=O)c1ccc(C)cc1. The van der Waals surface area contributed by atoms with Crippen LogP contribution in [0, 0.1) is 6.92 Å². The molecule has 0 atom stereocenters. The summed E-state index contributed by atoms with van der Waals surface area (Å²) in [5.41, 5.74) is 2.64. The van der Waals surface area contributed by atoms with Crippen LogP contribution in [0.25, 0.3) is 0 Å². The molecular formula is C12H12N2OS. The number of rotatable bonds is 3. The molecule has 0 N–H and O–H groups in total. The summed E-state index contributed by atoms with van der Waals surface area (Å²) in [6.07, 6.45) is 0.740. The molecule has 2 rings (SSSR count). The van der Waals surface area contributed by atoms with Crippen molar-refractivity contribution in [3.05, 3.63) is 46.0 Å². The molecule has 1 aromatic carbocycles. The Labute approximate surface area is 98.3 Å². The maximum absolute atomic E-state index is 12.1. The minimum atomic E-state index is 0.0202. The first-order valence-corrected chi connectivity index (χ1v) is 5.92. The van der Waals surface area contributed by atoms with Crippen LogP contribution in [0.15, 0.2) is 24.3 Å². The molecular weight excluding hydrogens is 220 g/mol. The van der Waals surface area contributed by atoms with Gasteiger partial charge in [0.05, 0.1) is 5.69 Å². The largest absolute Gasteiger partial charge is 0.288 e. The summed E-state index contributed by atoms with van der Waals surface area (Å²) in [5.74, 6) is 0.0202. The fourth-order valence-corrected chi connectivity index (χ4v) is 2.16. The highest BCUT2D eigenvalue weighted by molar-refractivity contribution is 7.08. The highest BCUT2D eigenvalue weighted by Crippen LogP contribution is 2.17. The second-order valence-corrected chi connectivity index (χ2v) is 4.35. The average Bonchev–Trinajstić information content (AvgIpc) is 2.77. The quantitative estimate of drug-likeness (QED) is 0.764. The van der Waals surface area contributed by atoms with Crippen LogP contribution in [0.4, 0.5) is 0 Å². The van der Waals surface area contributed by atoms with Crippen LogP contribution >= 0.6 is 11.5 Å². The number of hydrogen-bond donors (Lipinski definition) is 0. The molecule has 2 aromatic rings. The van der Waals surface area contributed by atoms with E-state index in [0.29, 0.717) is 10.4 Å². The third-order valence-electron chi connectivity index (χ3n) is 2.41. The Balaban J connectivity index is 2.35. The predicted molar refractivity (Wildman–Crippen MR) is 63.9 cm³/mol. The van der Waals surface area contributed by atoms with Crippen molar-refractivity contribution in [1.82, 2.24) is 9.59 Å². The first-order valence-electron chi connectivity index (χ1n) is 5.15. The molecule has 0 aliphatic rings. The van der Waals surface area contributed by atoms with Crippen molar-refractivity contribution in [3.63, 3.8) is 0 Å². The van der Waals surface area contributed by atoms with Gasteiger partial charge >= 0.3 is 0 Å². The second kappa shape index (κ2) is 4.53. The molecule has 0 aliphatic carbocycles. The lowest BCUT2D eigenvalue weighted by atomic mass is 10.1. The van der Waals surface area contributed by atoms with E-state index in [-0.39, 0.29) is 5.78 Å². The molecule has 0 unspecified atom stereocenters. The van der Waals surface area contributed by atoms with Gasteiger partial charge in [-0.15, -0.1) is 5.10 Å². The van der Waals surface area contributed by atoms with E-state index >= 15 is 0 Å². The van der Waals surface area contributed by atoms with Gasteiger partial charge in [0, 0.05) is 5.56 Å². The van der Waals surface area contributed by atoms with Gasteiger partial charge in [0.2, 0.25) is 5.78 Å². The van der Waals surface area contributed by atoms with E-state index < -0.39 is 0 Å². The smallest absolute Gasteiger partial charge is 0.206 e. The number of aryl methyl sites for hydroxylation is 2. The zero-order chi connectivity index (χ0) is 11.5. The molecule has 0 bridgehead atoms. The zero-order valence-corrected chi connectivity index (χ0v) is 10.0. The Morgan fingerprint density at radius 1 is 1.31 bits per heavy atom. The summed E-state index contributed by atoms with van der Waals surface area (Å²) in [6, 6.07) is 7.56. The number of benzene rings is 1. The standard InChI is InChI=1S/C12H12N2OS/c1-3-10-12(16-14-13-10)11(15)9-6-4-8(2)5-7-9/h4-7H,3H2,1-2H3. The molecule has 16 heavy (non-hydrogen) atoms. The first-order chi connectivity index (χ1) is 7.72. The second-order valence-electron chi connectivity index (χ2n) is 3.60. The Hall–Kier alpha value is -1.55. The van der Waals surface area contributed by atoms with Gasteiger partial charge in [-0.3, -0.25) is 4.79 Å². The highest BCUT2D eigenvalue weighted by atomic mass is 32.1. The molecule has 1 heterocycles. The number of aromatic nitrogens is 2. The lowest BCUT2D eigenvalue weighted by Crippen LogP contribution is -2.02. The van der Waals surface area contributed by atoms with Gasteiger partial charge in [-0.05, 0) is 24.9 Å². The molecule has 1 aromatic heterocycles. The minimum absolute atomic E-state index is 0.0202. The van der Waals surface area contributed by atoms with Crippen LogP contribution in [0.3, 0.4) is 0 Å². The molecule has 4 heteroatoms. The van der Waals surface area contributed by atoms with E-state index in [1.165, 1.54) is 11.5 Å². The molecule has 0 saturated heterocycles. The normalized spacial score (nSPS) is 10.4. The van der Waals surface area contributed by atoms with Crippen molar-refractivity contribution >= 4 is 17.3 Å². The van der Waals surface area contributed by atoms with Gasteiger partial charge < -0.3 is 0 Å². The lowest BCUT2D eigenvalue weighted by Gasteiger charge is -1.99. The Morgan fingerprint density at radius 2 is 2.00 bits per heavy atom. The van der Waals surface area contributed by atoms with Crippen molar-refractivity contribution in [2.45, 2.75) is 20.3 Å². The Kier molecular flexibility index (Phi) is 3.10.